The lowest BCUT2D eigenvalue weighted by molar-refractivity contribution is -0.134. The Morgan fingerprint density at radius 3 is 2.38 bits per heavy atom. The lowest BCUT2D eigenvalue weighted by Crippen LogP contribution is -2.45. The fourth-order valence-corrected chi connectivity index (χ4v) is 2.94. The van der Waals surface area contributed by atoms with E-state index < -0.39 is 17.7 Å². The van der Waals surface area contributed by atoms with Crippen LogP contribution in [-0.2, 0) is 4.79 Å². The van der Waals surface area contributed by atoms with E-state index in [0.717, 1.165) is 17.7 Å². The van der Waals surface area contributed by atoms with E-state index in [1.807, 2.05) is 30.3 Å². The van der Waals surface area contributed by atoms with Crippen LogP contribution in [0.4, 0.5) is 8.78 Å². The Morgan fingerprint density at radius 1 is 1.12 bits per heavy atom. The molecule has 1 amide bonds. The van der Waals surface area contributed by atoms with Gasteiger partial charge in [-0.2, -0.15) is 0 Å². The van der Waals surface area contributed by atoms with Gasteiger partial charge in [-0.3, -0.25) is 4.79 Å². The predicted molar refractivity (Wildman–Crippen MR) is 97.2 cm³/mol. The zero-order valence-corrected chi connectivity index (χ0v) is 14.9. The summed E-state index contributed by atoms with van der Waals surface area (Å²) in [5, 5.41) is 0. The van der Waals surface area contributed by atoms with Crippen LogP contribution >= 0.6 is 12.4 Å². The Balaban J connectivity index is 0.00000243. The van der Waals surface area contributed by atoms with Crippen molar-refractivity contribution in [3.63, 3.8) is 0 Å². The molecule has 2 N–H and O–H groups in total. The van der Waals surface area contributed by atoms with E-state index in [0.29, 0.717) is 25.9 Å². The molecular weight excluding hydrogens is 362 g/mol. The molecule has 1 heterocycles. The van der Waals surface area contributed by atoms with Crippen LogP contribution in [-0.4, -0.2) is 30.0 Å². The van der Waals surface area contributed by atoms with E-state index in [1.165, 1.54) is 6.07 Å². The fourth-order valence-electron chi connectivity index (χ4n) is 2.94. The van der Waals surface area contributed by atoms with Gasteiger partial charge in [-0.1, -0.05) is 30.3 Å². The van der Waals surface area contributed by atoms with Gasteiger partial charge in [0.05, 0.1) is 0 Å². The van der Waals surface area contributed by atoms with Crippen molar-refractivity contribution < 1.29 is 18.3 Å². The summed E-state index contributed by atoms with van der Waals surface area (Å²) in [5.41, 5.74) is 6.83. The molecule has 2 aromatic carbocycles. The average Bonchev–Trinajstić information content (AvgIpc) is 2.64. The van der Waals surface area contributed by atoms with Gasteiger partial charge in [0.1, 0.15) is 18.0 Å². The maximum absolute atomic E-state index is 13.7. The Hall–Kier alpha value is -2.18. The second kappa shape index (κ2) is 8.96. The summed E-state index contributed by atoms with van der Waals surface area (Å²) in [6.45, 7) is 0.986. The molecule has 0 radical (unpaired) electrons. The van der Waals surface area contributed by atoms with Crippen molar-refractivity contribution in [2.24, 2.45) is 5.73 Å². The normalized spacial score (nSPS) is 15.9. The third-order valence-electron chi connectivity index (χ3n) is 4.37. The number of ether oxygens (including phenoxy) is 1. The number of benzene rings is 2. The lowest BCUT2D eigenvalue weighted by atomic mass is 10.0. The second-order valence-electron chi connectivity index (χ2n) is 6.11. The van der Waals surface area contributed by atoms with Gasteiger partial charge in [-0.05, 0) is 17.7 Å². The zero-order chi connectivity index (χ0) is 17.8. The molecule has 1 saturated heterocycles. The Morgan fingerprint density at radius 2 is 1.77 bits per heavy atom. The maximum atomic E-state index is 13.7. The van der Waals surface area contributed by atoms with Gasteiger partial charge in [0.15, 0.2) is 11.6 Å². The van der Waals surface area contributed by atoms with Crippen molar-refractivity contribution in [1.82, 2.24) is 4.90 Å². The molecule has 2 aromatic rings. The number of rotatable bonds is 4. The first-order chi connectivity index (χ1) is 12.0. The molecule has 0 aromatic heterocycles. The highest BCUT2D eigenvalue weighted by molar-refractivity contribution is 5.85. The molecule has 1 aliphatic heterocycles. The van der Waals surface area contributed by atoms with Crippen LogP contribution in [0.25, 0.3) is 0 Å². The molecule has 0 saturated carbocycles. The van der Waals surface area contributed by atoms with Gasteiger partial charge < -0.3 is 15.4 Å². The summed E-state index contributed by atoms with van der Waals surface area (Å²) >= 11 is 0. The van der Waals surface area contributed by atoms with Gasteiger partial charge in [-0.25, -0.2) is 8.78 Å². The van der Waals surface area contributed by atoms with Crippen molar-refractivity contribution in [1.29, 1.82) is 0 Å². The summed E-state index contributed by atoms with van der Waals surface area (Å²) in [7, 11) is 0. The van der Waals surface area contributed by atoms with Gasteiger partial charge >= 0.3 is 0 Å². The number of nitrogens with two attached hydrogens (primary N) is 1. The molecule has 3 rings (SSSR count). The SMILES string of the molecule is Cl.NC(C(=O)N1CCC(Oc2ccc(F)cc2F)CC1)c1ccccc1. The standard InChI is InChI=1S/C19H20F2N2O2.ClH/c20-14-6-7-17(16(21)12-14)25-15-8-10-23(11-9-15)19(24)18(22)13-4-2-1-3-5-13;/h1-7,12,15,18H,8-11,22H2;1H. The molecule has 0 bridgehead atoms. The molecule has 1 atom stereocenters. The number of nitrogens with zero attached hydrogens (tertiary/aromatic N) is 1. The van der Waals surface area contributed by atoms with E-state index in [1.54, 1.807) is 4.90 Å². The van der Waals surface area contributed by atoms with E-state index in [4.69, 9.17) is 10.5 Å². The molecule has 4 nitrogen and oxygen atoms in total. The van der Waals surface area contributed by atoms with E-state index in [9.17, 15) is 13.6 Å². The summed E-state index contributed by atoms with van der Waals surface area (Å²) < 4.78 is 32.2. The smallest absolute Gasteiger partial charge is 0.244 e. The molecule has 7 heteroatoms. The Labute approximate surface area is 157 Å². The van der Waals surface area contributed by atoms with Crippen LogP contribution in [0.3, 0.4) is 0 Å². The number of carbonyl (C=O) groups excluding carboxylic acids is 1. The fraction of sp³-hybridized carbons (Fsp3) is 0.316. The first-order valence-electron chi connectivity index (χ1n) is 8.25. The number of likely N-dealkylation sites (tertiary alicyclic amines) is 1. The topological polar surface area (TPSA) is 55.6 Å². The highest BCUT2D eigenvalue weighted by Gasteiger charge is 2.28. The van der Waals surface area contributed by atoms with Crippen molar-refractivity contribution >= 4 is 18.3 Å². The first-order valence-corrected chi connectivity index (χ1v) is 8.25. The Bertz CT molecular complexity index is 738. The minimum absolute atomic E-state index is 0. The number of hydrogen-bond donors (Lipinski definition) is 1. The van der Waals surface area contributed by atoms with Crippen LogP contribution in [0.2, 0.25) is 0 Å². The summed E-state index contributed by atoms with van der Waals surface area (Å²) in [4.78, 5) is 14.2. The highest BCUT2D eigenvalue weighted by atomic mass is 35.5. The molecule has 140 valence electrons. The highest BCUT2D eigenvalue weighted by Crippen LogP contribution is 2.24. The van der Waals surface area contributed by atoms with Crippen molar-refractivity contribution in [2.45, 2.75) is 25.0 Å². The van der Waals surface area contributed by atoms with Crippen molar-refractivity contribution in [3.05, 3.63) is 65.7 Å². The van der Waals surface area contributed by atoms with Crippen LogP contribution in [0, 0.1) is 11.6 Å². The number of amides is 1. The summed E-state index contributed by atoms with van der Waals surface area (Å²) in [6.07, 6.45) is 0.936. The van der Waals surface area contributed by atoms with Crippen LogP contribution < -0.4 is 10.5 Å². The average molecular weight is 383 g/mol. The lowest BCUT2D eigenvalue weighted by Gasteiger charge is -2.33. The third kappa shape index (κ3) is 4.71. The van der Waals surface area contributed by atoms with E-state index in [2.05, 4.69) is 0 Å². The van der Waals surface area contributed by atoms with Crippen LogP contribution in [0.15, 0.2) is 48.5 Å². The van der Waals surface area contributed by atoms with Crippen LogP contribution in [0.1, 0.15) is 24.4 Å². The van der Waals surface area contributed by atoms with Crippen molar-refractivity contribution in [3.8, 4) is 5.75 Å². The van der Waals surface area contributed by atoms with Gasteiger partial charge in [-0.15, -0.1) is 12.4 Å². The van der Waals surface area contributed by atoms with Gasteiger partial charge in [0, 0.05) is 32.0 Å². The minimum Gasteiger partial charge on any atom is -0.487 e. The second-order valence-corrected chi connectivity index (χ2v) is 6.11. The quantitative estimate of drug-likeness (QED) is 0.881. The van der Waals surface area contributed by atoms with Gasteiger partial charge in [0.25, 0.3) is 0 Å². The van der Waals surface area contributed by atoms with E-state index in [-0.39, 0.29) is 30.2 Å². The molecular formula is C19H21ClF2N2O2. The monoisotopic (exact) mass is 382 g/mol. The van der Waals surface area contributed by atoms with E-state index >= 15 is 0 Å². The minimum atomic E-state index is -0.718. The first kappa shape index (κ1) is 20.1. The summed E-state index contributed by atoms with van der Waals surface area (Å²) in [6, 6.07) is 11.8. The van der Waals surface area contributed by atoms with Crippen LogP contribution in [0.5, 0.6) is 5.75 Å². The molecule has 0 aliphatic carbocycles. The number of piperidine rings is 1. The maximum Gasteiger partial charge on any atom is 0.244 e. The predicted octanol–water partition coefficient (Wildman–Crippen LogP) is 3.46. The Kier molecular flexibility index (Phi) is 6.94. The molecule has 0 spiro atoms. The summed E-state index contributed by atoms with van der Waals surface area (Å²) in [5.74, 6) is -1.45. The number of halogens is 3. The number of hydrogen-bond acceptors (Lipinski definition) is 3. The molecule has 26 heavy (non-hydrogen) atoms. The van der Waals surface area contributed by atoms with Crippen molar-refractivity contribution in [2.75, 3.05) is 13.1 Å². The molecule has 1 aliphatic rings. The number of carbonyl (C=O) groups is 1. The molecule has 1 fully saturated rings. The largest absolute Gasteiger partial charge is 0.487 e. The zero-order valence-electron chi connectivity index (χ0n) is 14.1. The van der Waals surface area contributed by atoms with Gasteiger partial charge in [0.2, 0.25) is 5.91 Å². The molecule has 1 unspecified atom stereocenters. The third-order valence-corrected chi connectivity index (χ3v) is 4.37.